The summed E-state index contributed by atoms with van der Waals surface area (Å²) in [5, 5.41) is 2.10. The number of anilines is 2. The monoisotopic (exact) mass is 405 g/mol. The van der Waals surface area contributed by atoms with Gasteiger partial charge in [0.2, 0.25) is 0 Å². The lowest BCUT2D eigenvalue weighted by Crippen LogP contribution is -2.21. The maximum atomic E-state index is 12.7. The van der Waals surface area contributed by atoms with E-state index in [1.165, 1.54) is 28.9 Å². The molecule has 150 valence electrons. The van der Waals surface area contributed by atoms with Gasteiger partial charge in [-0.3, -0.25) is 9.78 Å². The zero-order chi connectivity index (χ0) is 19.6. The number of rotatable bonds is 6. The Hall–Kier alpha value is -2.40. The molecule has 2 saturated heterocycles. The van der Waals surface area contributed by atoms with Gasteiger partial charge in [0.25, 0.3) is 0 Å². The molecule has 1 atom stereocenters. The van der Waals surface area contributed by atoms with Crippen molar-refractivity contribution in [3.63, 3.8) is 0 Å². The number of nitrogens with zero attached hydrogens (tertiary/aromatic N) is 3. The van der Waals surface area contributed by atoms with Crippen LogP contribution >= 0.6 is 11.3 Å². The molecule has 0 saturated carbocycles. The third kappa shape index (κ3) is 4.01. The molecule has 1 unspecified atom stereocenters. The van der Waals surface area contributed by atoms with Crippen LogP contribution in [0, 0.1) is 5.92 Å². The van der Waals surface area contributed by atoms with E-state index in [1.807, 2.05) is 6.20 Å². The van der Waals surface area contributed by atoms with Crippen molar-refractivity contribution in [1.29, 1.82) is 0 Å². The summed E-state index contributed by atoms with van der Waals surface area (Å²) < 4.78 is 1.26. The number of pyridine rings is 1. The molecule has 5 rings (SSSR count). The molecule has 29 heavy (non-hydrogen) atoms. The molecule has 2 aliphatic rings. The number of thiophene rings is 1. The van der Waals surface area contributed by atoms with Crippen molar-refractivity contribution in [3.05, 3.63) is 53.5 Å². The summed E-state index contributed by atoms with van der Waals surface area (Å²) in [5.41, 5.74) is 4.78. The Labute approximate surface area is 176 Å². The van der Waals surface area contributed by atoms with E-state index in [-0.39, 0.29) is 0 Å². The Morgan fingerprint density at radius 2 is 1.86 bits per heavy atom. The molecule has 5 heteroatoms. The second kappa shape index (κ2) is 8.15. The standard InChI is InChI=1S/C24H27N3OS/c28-21(15-18-3-5-20(6-4-18)26-11-1-2-12-26)16-19-8-13-27(17-19)23-7-10-25-22-9-14-29-24(22)23/h3-7,9-10,14,19H,1-2,8,11-13,15-17H2. The maximum Gasteiger partial charge on any atom is 0.137 e. The minimum atomic E-state index is 0.363. The summed E-state index contributed by atoms with van der Waals surface area (Å²) in [6, 6.07) is 12.8. The Kier molecular flexibility index (Phi) is 5.23. The average Bonchev–Trinajstić information content (AvgIpc) is 3.49. The molecule has 4 nitrogen and oxygen atoms in total. The fraction of sp³-hybridized carbons (Fsp3) is 0.417. The molecule has 2 aromatic heterocycles. The van der Waals surface area contributed by atoms with Crippen LogP contribution in [0.4, 0.5) is 11.4 Å². The summed E-state index contributed by atoms with van der Waals surface area (Å²) in [7, 11) is 0. The smallest absolute Gasteiger partial charge is 0.137 e. The van der Waals surface area contributed by atoms with E-state index < -0.39 is 0 Å². The van der Waals surface area contributed by atoms with E-state index in [9.17, 15) is 4.79 Å². The van der Waals surface area contributed by atoms with Crippen LogP contribution in [0.5, 0.6) is 0 Å². The van der Waals surface area contributed by atoms with Crippen LogP contribution in [0.25, 0.3) is 10.2 Å². The van der Waals surface area contributed by atoms with E-state index in [0.717, 1.165) is 43.7 Å². The molecular weight excluding hydrogens is 378 g/mol. The van der Waals surface area contributed by atoms with Gasteiger partial charge >= 0.3 is 0 Å². The molecule has 0 bridgehead atoms. The predicted octanol–water partition coefficient (Wildman–Crippen LogP) is 4.92. The highest BCUT2D eigenvalue weighted by Gasteiger charge is 2.26. The maximum absolute atomic E-state index is 12.7. The van der Waals surface area contributed by atoms with Gasteiger partial charge in [-0.15, -0.1) is 11.3 Å². The number of ketones is 1. The number of aromatic nitrogens is 1. The highest BCUT2D eigenvalue weighted by atomic mass is 32.1. The Morgan fingerprint density at radius 1 is 1.03 bits per heavy atom. The number of fused-ring (bicyclic) bond motifs is 1. The lowest BCUT2D eigenvalue weighted by molar-refractivity contribution is -0.119. The number of hydrogen-bond acceptors (Lipinski definition) is 5. The second-order valence-corrected chi connectivity index (χ2v) is 9.26. The molecule has 2 aliphatic heterocycles. The molecule has 4 heterocycles. The SMILES string of the molecule is O=C(Cc1ccc(N2CCCC2)cc1)CC1CCN(c2ccnc3ccsc23)C1. The number of benzene rings is 1. The second-order valence-electron chi connectivity index (χ2n) is 8.35. The first-order valence-electron chi connectivity index (χ1n) is 10.7. The summed E-state index contributed by atoms with van der Waals surface area (Å²) in [4.78, 5) is 22.0. The van der Waals surface area contributed by atoms with Gasteiger partial charge in [0.05, 0.1) is 15.9 Å². The lowest BCUT2D eigenvalue weighted by atomic mass is 9.97. The van der Waals surface area contributed by atoms with Gasteiger partial charge in [0, 0.05) is 50.9 Å². The highest BCUT2D eigenvalue weighted by molar-refractivity contribution is 7.17. The molecule has 1 aromatic carbocycles. The number of carbonyl (C=O) groups is 1. The number of carbonyl (C=O) groups excluding carboxylic acids is 1. The van der Waals surface area contributed by atoms with Crippen LogP contribution in [-0.2, 0) is 11.2 Å². The zero-order valence-corrected chi connectivity index (χ0v) is 17.5. The third-order valence-corrected chi connectivity index (χ3v) is 7.20. The van der Waals surface area contributed by atoms with E-state index in [2.05, 4.69) is 56.6 Å². The van der Waals surface area contributed by atoms with Gasteiger partial charge in [-0.1, -0.05) is 12.1 Å². The van der Waals surface area contributed by atoms with E-state index >= 15 is 0 Å². The number of Topliss-reactive ketones (excluding diaryl/α,β-unsaturated/α-hetero) is 1. The first-order chi connectivity index (χ1) is 14.3. The van der Waals surface area contributed by atoms with Crippen molar-refractivity contribution in [2.24, 2.45) is 5.92 Å². The molecule has 0 amide bonds. The molecule has 0 aliphatic carbocycles. The van der Waals surface area contributed by atoms with Gasteiger partial charge in [0.1, 0.15) is 5.78 Å². The summed E-state index contributed by atoms with van der Waals surface area (Å²) >= 11 is 1.75. The quantitative estimate of drug-likeness (QED) is 0.583. The molecule has 0 spiro atoms. The predicted molar refractivity (Wildman–Crippen MR) is 121 cm³/mol. The first kappa shape index (κ1) is 18.6. The van der Waals surface area contributed by atoms with Gasteiger partial charge in [-0.25, -0.2) is 0 Å². The van der Waals surface area contributed by atoms with Gasteiger partial charge in [-0.05, 0) is 60.4 Å². The summed E-state index contributed by atoms with van der Waals surface area (Å²) in [6.45, 7) is 4.31. The van der Waals surface area contributed by atoms with Crippen molar-refractivity contribution < 1.29 is 4.79 Å². The van der Waals surface area contributed by atoms with Crippen LogP contribution in [0.2, 0.25) is 0 Å². The summed E-state index contributed by atoms with van der Waals surface area (Å²) in [5.74, 6) is 0.816. The van der Waals surface area contributed by atoms with Crippen molar-refractivity contribution in [1.82, 2.24) is 4.98 Å². The van der Waals surface area contributed by atoms with Crippen molar-refractivity contribution in [2.75, 3.05) is 36.0 Å². The van der Waals surface area contributed by atoms with Crippen molar-refractivity contribution in [3.8, 4) is 0 Å². The Morgan fingerprint density at radius 3 is 2.69 bits per heavy atom. The van der Waals surface area contributed by atoms with Crippen LogP contribution in [0.15, 0.2) is 48.0 Å². The van der Waals surface area contributed by atoms with Gasteiger partial charge in [-0.2, -0.15) is 0 Å². The van der Waals surface area contributed by atoms with E-state index in [0.29, 0.717) is 24.5 Å². The fourth-order valence-electron chi connectivity index (χ4n) is 4.75. The largest absolute Gasteiger partial charge is 0.372 e. The molecule has 3 aromatic rings. The lowest BCUT2D eigenvalue weighted by Gasteiger charge is -2.19. The third-order valence-electron chi connectivity index (χ3n) is 6.27. The van der Waals surface area contributed by atoms with Crippen LogP contribution in [0.3, 0.4) is 0 Å². The highest BCUT2D eigenvalue weighted by Crippen LogP contribution is 2.34. The molecular formula is C24H27N3OS. The first-order valence-corrected chi connectivity index (χ1v) is 11.6. The van der Waals surface area contributed by atoms with Gasteiger partial charge < -0.3 is 9.80 Å². The molecule has 0 radical (unpaired) electrons. The molecule has 0 N–H and O–H groups in total. The van der Waals surface area contributed by atoms with Crippen LogP contribution < -0.4 is 9.80 Å². The average molecular weight is 406 g/mol. The van der Waals surface area contributed by atoms with Crippen LogP contribution in [-0.4, -0.2) is 36.9 Å². The number of hydrogen-bond donors (Lipinski definition) is 0. The topological polar surface area (TPSA) is 36.4 Å². The van der Waals surface area contributed by atoms with Crippen LogP contribution in [0.1, 0.15) is 31.2 Å². The fourth-order valence-corrected chi connectivity index (χ4v) is 5.64. The Bertz CT molecular complexity index is 991. The molecule has 2 fully saturated rings. The normalized spacial score (nSPS) is 19.4. The van der Waals surface area contributed by atoms with Gasteiger partial charge in [0.15, 0.2) is 0 Å². The van der Waals surface area contributed by atoms with E-state index in [1.54, 1.807) is 11.3 Å². The van der Waals surface area contributed by atoms with Crippen molar-refractivity contribution in [2.45, 2.75) is 32.1 Å². The van der Waals surface area contributed by atoms with Crippen molar-refractivity contribution >= 4 is 38.7 Å². The Balaban J connectivity index is 1.17. The zero-order valence-electron chi connectivity index (χ0n) is 16.7. The minimum absolute atomic E-state index is 0.363. The minimum Gasteiger partial charge on any atom is -0.372 e. The van der Waals surface area contributed by atoms with E-state index in [4.69, 9.17) is 0 Å². The summed E-state index contributed by atoms with van der Waals surface area (Å²) in [6.07, 6.45) is 6.81.